The number of hydrogen-bond donors (Lipinski definition) is 1. The first-order chi connectivity index (χ1) is 7.22. The Morgan fingerprint density at radius 1 is 1.12 bits per heavy atom. The molecule has 0 saturated heterocycles. The van der Waals surface area contributed by atoms with E-state index >= 15 is 0 Å². The molecule has 2 N–H and O–H groups in total. The Morgan fingerprint density at radius 3 is 2.12 bits per heavy atom. The summed E-state index contributed by atoms with van der Waals surface area (Å²) in [5.74, 6) is -0.291. The topological polar surface area (TPSA) is 52.3 Å². The van der Waals surface area contributed by atoms with Gasteiger partial charge < -0.3 is 10.5 Å². The summed E-state index contributed by atoms with van der Waals surface area (Å²) in [5, 5.41) is 0. The molecule has 98 valence electrons. The van der Waals surface area contributed by atoms with Gasteiger partial charge in [0.15, 0.2) is 0 Å². The van der Waals surface area contributed by atoms with Crippen molar-refractivity contribution < 1.29 is 9.53 Å². The minimum absolute atomic E-state index is 0. The molecule has 0 heterocycles. The highest BCUT2D eigenvalue weighted by molar-refractivity contribution is 5.85. The molecule has 1 unspecified atom stereocenters. The second-order valence-electron chi connectivity index (χ2n) is 4.04. The molecule has 16 heavy (non-hydrogen) atoms. The van der Waals surface area contributed by atoms with Crippen molar-refractivity contribution in [3.05, 3.63) is 0 Å². The van der Waals surface area contributed by atoms with Crippen molar-refractivity contribution in [2.24, 2.45) is 5.73 Å². The Bertz CT molecular complexity index is 165. The quantitative estimate of drug-likeness (QED) is 0.506. The van der Waals surface area contributed by atoms with E-state index in [2.05, 4.69) is 11.7 Å². The molecule has 0 fully saturated rings. The van der Waals surface area contributed by atoms with E-state index in [1.807, 2.05) is 0 Å². The molecular weight excluding hydrogens is 226 g/mol. The summed E-state index contributed by atoms with van der Waals surface area (Å²) < 4.78 is 4.56. The Kier molecular flexibility index (Phi) is 14.5. The molecule has 0 aromatic carbocycles. The first kappa shape index (κ1) is 18.1. The van der Waals surface area contributed by atoms with Crippen molar-refractivity contribution in [1.82, 2.24) is 0 Å². The van der Waals surface area contributed by atoms with Gasteiger partial charge in [-0.1, -0.05) is 51.9 Å². The predicted molar refractivity (Wildman–Crippen MR) is 69.8 cm³/mol. The summed E-state index contributed by atoms with van der Waals surface area (Å²) in [6.45, 7) is 2.22. The molecule has 0 saturated carbocycles. The molecule has 0 aromatic rings. The first-order valence-electron chi connectivity index (χ1n) is 6.05. The van der Waals surface area contributed by atoms with E-state index in [-0.39, 0.29) is 18.4 Å². The summed E-state index contributed by atoms with van der Waals surface area (Å²) in [7, 11) is 1.38. The molecule has 0 aliphatic rings. The number of unbranched alkanes of at least 4 members (excludes halogenated alkanes) is 6. The van der Waals surface area contributed by atoms with Crippen molar-refractivity contribution in [2.45, 2.75) is 64.3 Å². The lowest BCUT2D eigenvalue weighted by Gasteiger charge is -2.08. The molecule has 0 spiro atoms. The van der Waals surface area contributed by atoms with Gasteiger partial charge in [-0.2, -0.15) is 0 Å². The third-order valence-electron chi connectivity index (χ3n) is 2.62. The van der Waals surface area contributed by atoms with Crippen LogP contribution in [0.25, 0.3) is 0 Å². The third kappa shape index (κ3) is 10.2. The van der Waals surface area contributed by atoms with E-state index in [1.54, 1.807) is 0 Å². The fraction of sp³-hybridized carbons (Fsp3) is 0.917. The predicted octanol–water partition coefficient (Wildman–Crippen LogP) is 3.05. The molecule has 0 bridgehead atoms. The monoisotopic (exact) mass is 251 g/mol. The Hall–Kier alpha value is -0.280. The molecule has 0 aliphatic carbocycles. The third-order valence-corrected chi connectivity index (χ3v) is 2.62. The number of carbonyl (C=O) groups excluding carboxylic acids is 1. The van der Waals surface area contributed by atoms with E-state index < -0.39 is 6.04 Å². The lowest BCUT2D eigenvalue weighted by molar-refractivity contribution is -0.142. The van der Waals surface area contributed by atoms with Gasteiger partial charge in [0.2, 0.25) is 0 Å². The molecule has 0 aliphatic heterocycles. The number of nitrogens with two attached hydrogens (primary N) is 1. The van der Waals surface area contributed by atoms with Gasteiger partial charge in [-0.3, -0.25) is 4.79 Å². The highest BCUT2D eigenvalue weighted by Gasteiger charge is 2.12. The first-order valence-corrected chi connectivity index (χ1v) is 6.05. The van der Waals surface area contributed by atoms with Crippen LogP contribution in [0.5, 0.6) is 0 Å². The average Bonchev–Trinajstić information content (AvgIpc) is 2.26. The standard InChI is InChI=1S/C12H25NO2.ClH/c1-3-4-5-6-7-8-9-10-11(13)12(14)15-2;/h11H,3-10,13H2,1-2H3;1H. The van der Waals surface area contributed by atoms with Crippen LogP contribution in [0.4, 0.5) is 0 Å². The van der Waals surface area contributed by atoms with E-state index in [0.717, 1.165) is 12.8 Å². The molecular formula is C12H26ClNO2. The zero-order valence-electron chi connectivity index (χ0n) is 10.5. The maximum absolute atomic E-state index is 11.0. The Balaban J connectivity index is 0. The zero-order chi connectivity index (χ0) is 11.5. The normalized spacial score (nSPS) is 11.7. The summed E-state index contributed by atoms with van der Waals surface area (Å²) in [6.07, 6.45) is 9.47. The summed E-state index contributed by atoms with van der Waals surface area (Å²) >= 11 is 0. The van der Waals surface area contributed by atoms with Crippen molar-refractivity contribution in [1.29, 1.82) is 0 Å². The fourth-order valence-electron chi connectivity index (χ4n) is 1.59. The van der Waals surface area contributed by atoms with Gasteiger partial charge >= 0.3 is 5.97 Å². The van der Waals surface area contributed by atoms with Crippen LogP contribution in [-0.4, -0.2) is 19.1 Å². The van der Waals surface area contributed by atoms with Crippen molar-refractivity contribution >= 4 is 18.4 Å². The van der Waals surface area contributed by atoms with E-state index in [9.17, 15) is 4.79 Å². The van der Waals surface area contributed by atoms with Crippen LogP contribution in [0, 0.1) is 0 Å². The van der Waals surface area contributed by atoms with E-state index in [1.165, 1.54) is 45.6 Å². The number of methoxy groups -OCH3 is 1. The second-order valence-corrected chi connectivity index (χ2v) is 4.04. The minimum Gasteiger partial charge on any atom is -0.468 e. The lowest BCUT2D eigenvalue weighted by Crippen LogP contribution is -2.31. The smallest absolute Gasteiger partial charge is 0.322 e. The molecule has 0 aromatic heterocycles. The van der Waals surface area contributed by atoms with Crippen LogP contribution in [-0.2, 0) is 9.53 Å². The highest BCUT2D eigenvalue weighted by Crippen LogP contribution is 2.09. The van der Waals surface area contributed by atoms with Crippen LogP contribution in [0.2, 0.25) is 0 Å². The molecule has 4 heteroatoms. The van der Waals surface area contributed by atoms with Crippen LogP contribution in [0.3, 0.4) is 0 Å². The fourth-order valence-corrected chi connectivity index (χ4v) is 1.59. The SMILES string of the molecule is CCCCCCCCCC(N)C(=O)OC.Cl. The van der Waals surface area contributed by atoms with Gasteiger partial charge in [0.25, 0.3) is 0 Å². The molecule has 0 amide bonds. The number of carbonyl (C=O) groups is 1. The summed E-state index contributed by atoms with van der Waals surface area (Å²) in [6, 6.07) is -0.425. The van der Waals surface area contributed by atoms with Crippen molar-refractivity contribution in [3.8, 4) is 0 Å². The van der Waals surface area contributed by atoms with Gasteiger partial charge in [-0.25, -0.2) is 0 Å². The van der Waals surface area contributed by atoms with Gasteiger partial charge in [0.05, 0.1) is 7.11 Å². The average molecular weight is 252 g/mol. The van der Waals surface area contributed by atoms with Crippen molar-refractivity contribution in [2.75, 3.05) is 7.11 Å². The number of esters is 1. The Morgan fingerprint density at radius 2 is 1.62 bits per heavy atom. The highest BCUT2D eigenvalue weighted by atomic mass is 35.5. The summed E-state index contributed by atoms with van der Waals surface area (Å²) in [4.78, 5) is 11.0. The maximum Gasteiger partial charge on any atom is 0.322 e. The number of halogens is 1. The van der Waals surface area contributed by atoms with Crippen LogP contribution >= 0.6 is 12.4 Å². The maximum atomic E-state index is 11.0. The zero-order valence-corrected chi connectivity index (χ0v) is 11.4. The molecule has 0 radical (unpaired) electrons. The summed E-state index contributed by atoms with van der Waals surface area (Å²) in [5.41, 5.74) is 5.62. The van der Waals surface area contributed by atoms with Crippen LogP contribution in [0.1, 0.15) is 58.3 Å². The number of hydrogen-bond acceptors (Lipinski definition) is 3. The second kappa shape index (κ2) is 12.8. The van der Waals surface area contributed by atoms with Gasteiger partial charge in [0.1, 0.15) is 6.04 Å². The van der Waals surface area contributed by atoms with Gasteiger partial charge in [-0.05, 0) is 6.42 Å². The van der Waals surface area contributed by atoms with Crippen molar-refractivity contribution in [3.63, 3.8) is 0 Å². The minimum atomic E-state index is -0.425. The van der Waals surface area contributed by atoms with Crippen LogP contribution < -0.4 is 5.73 Å². The molecule has 1 atom stereocenters. The van der Waals surface area contributed by atoms with Crippen LogP contribution in [0.15, 0.2) is 0 Å². The molecule has 0 rings (SSSR count). The van der Waals surface area contributed by atoms with Gasteiger partial charge in [0, 0.05) is 0 Å². The number of rotatable bonds is 9. The number of ether oxygens (including phenoxy) is 1. The van der Waals surface area contributed by atoms with E-state index in [4.69, 9.17) is 5.73 Å². The van der Waals surface area contributed by atoms with E-state index in [0.29, 0.717) is 0 Å². The molecule has 3 nitrogen and oxygen atoms in total. The van der Waals surface area contributed by atoms with Gasteiger partial charge in [-0.15, -0.1) is 12.4 Å². The largest absolute Gasteiger partial charge is 0.468 e. The Labute approximate surface area is 106 Å². The lowest BCUT2D eigenvalue weighted by atomic mass is 10.1.